The first-order chi connectivity index (χ1) is 28.5. The first kappa shape index (κ1) is 40.6. The third-order valence-electron chi connectivity index (χ3n) is 10.3. The Kier molecular flexibility index (Phi) is 11.5. The van der Waals surface area contributed by atoms with Gasteiger partial charge in [-0.1, -0.05) is 127 Å². The van der Waals surface area contributed by atoms with Gasteiger partial charge in [-0.05, 0) is 75.7 Å². The van der Waals surface area contributed by atoms with Crippen molar-refractivity contribution in [3.63, 3.8) is 0 Å². The number of carbonyl (C=O) groups is 1. The molecule has 7 aromatic rings. The van der Waals surface area contributed by atoms with Gasteiger partial charge in [0.1, 0.15) is 21.9 Å². The van der Waals surface area contributed by atoms with Gasteiger partial charge in [-0.3, -0.25) is 10.2 Å². The summed E-state index contributed by atoms with van der Waals surface area (Å²) in [5, 5.41) is 2.52. The lowest BCUT2D eigenvalue weighted by Crippen LogP contribution is -2.53. The molecule has 1 amide bonds. The Hall–Kier alpha value is -5.22. The average molecular weight is 866 g/mol. The molecule has 0 unspecified atom stereocenters. The predicted molar refractivity (Wildman–Crippen MR) is 228 cm³/mol. The summed E-state index contributed by atoms with van der Waals surface area (Å²) in [6.45, 7) is -0.876. The van der Waals surface area contributed by atoms with Crippen molar-refractivity contribution < 1.29 is 30.4 Å². The lowest BCUT2D eigenvalue weighted by atomic mass is 9.84. The van der Waals surface area contributed by atoms with Crippen molar-refractivity contribution in [3.05, 3.63) is 203 Å². The van der Waals surface area contributed by atoms with Crippen molar-refractivity contribution in [1.29, 1.82) is 0 Å². The second kappa shape index (κ2) is 16.8. The maximum absolute atomic E-state index is 15.1. The quantitative estimate of drug-likeness (QED) is 0.0918. The van der Waals surface area contributed by atoms with E-state index in [1.165, 1.54) is 35.3 Å². The minimum atomic E-state index is -4.53. The van der Waals surface area contributed by atoms with E-state index in [2.05, 4.69) is 5.43 Å². The Labute approximate surface area is 350 Å². The Bertz CT molecular complexity index is 2720. The molecule has 0 radical (unpaired) electrons. The number of rotatable bonds is 13. The SMILES string of the molecule is O=C(NN(Cc1cc(F)ccc1F)S(=O)(=O)c1cccs1)[C@@H]1C[C@@H](SC(c2ccccc2)(c2ccccc2)c2ccccc2)CN1S(=O)(=O)c1ccc2ccccc2c1. The topological polar surface area (TPSA) is 104 Å². The largest absolute Gasteiger partial charge is 0.273 e. The van der Waals surface area contributed by atoms with Gasteiger partial charge in [0, 0.05) is 17.4 Å². The molecule has 2 heterocycles. The molecule has 1 aliphatic rings. The van der Waals surface area contributed by atoms with Crippen LogP contribution < -0.4 is 5.43 Å². The predicted octanol–water partition coefficient (Wildman–Crippen LogP) is 8.96. The monoisotopic (exact) mass is 865 g/mol. The molecule has 1 saturated heterocycles. The van der Waals surface area contributed by atoms with Crippen molar-refractivity contribution in [3.8, 4) is 0 Å². The number of nitrogens with zero attached hydrogens (tertiary/aromatic N) is 2. The van der Waals surface area contributed by atoms with Gasteiger partial charge in [0.15, 0.2) is 0 Å². The van der Waals surface area contributed by atoms with Crippen LogP contribution in [0.5, 0.6) is 0 Å². The zero-order chi connectivity index (χ0) is 41.2. The van der Waals surface area contributed by atoms with Gasteiger partial charge in [0.05, 0.1) is 16.2 Å². The molecule has 1 N–H and O–H groups in total. The molecule has 2 atom stereocenters. The van der Waals surface area contributed by atoms with E-state index in [1.807, 2.05) is 103 Å². The third kappa shape index (κ3) is 8.08. The lowest BCUT2D eigenvalue weighted by molar-refractivity contribution is -0.127. The van der Waals surface area contributed by atoms with E-state index in [-0.39, 0.29) is 27.6 Å². The molecule has 6 aromatic carbocycles. The van der Waals surface area contributed by atoms with E-state index in [0.717, 1.165) is 55.9 Å². The first-order valence-electron chi connectivity index (χ1n) is 18.6. The number of amides is 1. The molecule has 8 rings (SSSR count). The van der Waals surface area contributed by atoms with Crippen LogP contribution in [0.1, 0.15) is 28.7 Å². The summed E-state index contributed by atoms with van der Waals surface area (Å²) >= 11 is 2.40. The molecule has 1 aromatic heterocycles. The van der Waals surface area contributed by atoms with E-state index < -0.39 is 60.2 Å². The number of nitrogens with one attached hydrogen (secondary N) is 1. The average Bonchev–Trinajstić information content (AvgIpc) is 3.97. The van der Waals surface area contributed by atoms with Crippen molar-refractivity contribution >= 4 is 59.8 Å². The highest BCUT2D eigenvalue weighted by Gasteiger charge is 2.49. The number of hydrogen-bond donors (Lipinski definition) is 1. The minimum Gasteiger partial charge on any atom is -0.273 e. The Morgan fingerprint density at radius 1 is 0.729 bits per heavy atom. The van der Waals surface area contributed by atoms with Crippen molar-refractivity contribution in [2.24, 2.45) is 0 Å². The number of sulfonamides is 2. The van der Waals surface area contributed by atoms with E-state index >= 15 is 4.39 Å². The molecule has 8 nitrogen and oxygen atoms in total. The summed E-state index contributed by atoms with van der Waals surface area (Å²) in [4.78, 5) is 14.7. The number of thiophene rings is 1. The van der Waals surface area contributed by atoms with Gasteiger partial charge in [0.2, 0.25) is 10.0 Å². The number of thioether (sulfide) groups is 1. The van der Waals surface area contributed by atoms with Gasteiger partial charge in [-0.2, -0.15) is 4.31 Å². The zero-order valence-corrected chi connectivity index (χ0v) is 34.5. The van der Waals surface area contributed by atoms with Crippen LogP contribution in [0.25, 0.3) is 10.8 Å². The van der Waals surface area contributed by atoms with E-state index in [9.17, 15) is 26.0 Å². The maximum atomic E-state index is 15.1. The van der Waals surface area contributed by atoms with Crippen LogP contribution in [-0.2, 0) is 36.1 Å². The zero-order valence-electron chi connectivity index (χ0n) is 31.3. The molecule has 14 heteroatoms. The number of halogens is 2. The normalized spacial score (nSPS) is 16.4. The van der Waals surface area contributed by atoms with E-state index in [0.29, 0.717) is 9.80 Å². The Balaban J connectivity index is 1.23. The van der Waals surface area contributed by atoms with Crippen LogP contribution in [-0.4, -0.2) is 49.3 Å². The summed E-state index contributed by atoms with van der Waals surface area (Å²) in [6.07, 6.45) is -0.0151. The molecule has 1 aliphatic heterocycles. The van der Waals surface area contributed by atoms with Crippen molar-refractivity contribution in [2.45, 2.75) is 38.1 Å². The van der Waals surface area contributed by atoms with Gasteiger partial charge in [-0.25, -0.2) is 25.6 Å². The van der Waals surface area contributed by atoms with Crippen molar-refractivity contribution in [1.82, 2.24) is 14.1 Å². The molecule has 0 spiro atoms. The Morgan fingerprint density at radius 2 is 1.32 bits per heavy atom. The van der Waals surface area contributed by atoms with Crippen molar-refractivity contribution in [2.75, 3.05) is 6.54 Å². The molecule has 0 saturated carbocycles. The second-order valence-corrected chi connectivity index (χ2v) is 20.5. The van der Waals surface area contributed by atoms with Gasteiger partial charge in [0.25, 0.3) is 15.9 Å². The van der Waals surface area contributed by atoms with Crippen LogP contribution in [0, 0.1) is 11.6 Å². The number of hydrazine groups is 1. The van der Waals surface area contributed by atoms with Gasteiger partial charge < -0.3 is 0 Å². The molecular formula is C45H37F2N3O5S4. The van der Waals surface area contributed by atoms with Gasteiger partial charge in [-0.15, -0.1) is 27.5 Å². The Morgan fingerprint density at radius 3 is 1.92 bits per heavy atom. The van der Waals surface area contributed by atoms with Crippen LogP contribution in [0.2, 0.25) is 0 Å². The number of carbonyl (C=O) groups excluding carboxylic acids is 1. The van der Waals surface area contributed by atoms with Crippen LogP contribution in [0.3, 0.4) is 0 Å². The molecule has 0 aliphatic carbocycles. The maximum Gasteiger partial charge on any atom is 0.269 e. The highest BCUT2D eigenvalue weighted by atomic mass is 32.2. The van der Waals surface area contributed by atoms with Crippen LogP contribution in [0.15, 0.2) is 178 Å². The highest BCUT2D eigenvalue weighted by molar-refractivity contribution is 8.01. The molecule has 59 heavy (non-hydrogen) atoms. The fourth-order valence-corrected chi connectivity index (χ4v) is 13.5. The summed E-state index contributed by atoms with van der Waals surface area (Å²) in [5.41, 5.74) is 4.93. The molecule has 0 bridgehead atoms. The third-order valence-corrected chi connectivity index (χ3v) is 17.0. The number of fused-ring (bicyclic) bond motifs is 1. The fourth-order valence-electron chi connectivity index (χ4n) is 7.51. The first-order valence-corrected chi connectivity index (χ1v) is 23.3. The fraction of sp³-hybridized carbons (Fsp3) is 0.133. The lowest BCUT2D eigenvalue weighted by Gasteiger charge is -2.37. The molecule has 1 fully saturated rings. The molecular weight excluding hydrogens is 829 g/mol. The van der Waals surface area contributed by atoms with Crippen LogP contribution in [0.4, 0.5) is 8.78 Å². The minimum absolute atomic E-state index is 0.0151. The summed E-state index contributed by atoms with van der Waals surface area (Å²) in [6, 6.07) is 45.7. The molecule has 300 valence electrons. The smallest absolute Gasteiger partial charge is 0.269 e. The summed E-state index contributed by atoms with van der Waals surface area (Å²) < 4.78 is 87.9. The summed E-state index contributed by atoms with van der Waals surface area (Å²) in [7, 11) is -8.94. The van der Waals surface area contributed by atoms with E-state index in [1.54, 1.807) is 24.3 Å². The summed E-state index contributed by atoms with van der Waals surface area (Å²) in [5.74, 6) is -2.63. The van der Waals surface area contributed by atoms with Crippen LogP contribution >= 0.6 is 23.1 Å². The van der Waals surface area contributed by atoms with E-state index in [4.69, 9.17) is 0 Å². The highest BCUT2D eigenvalue weighted by Crippen LogP contribution is 2.52. The number of benzene rings is 6. The second-order valence-electron chi connectivity index (χ2n) is 14.0. The number of hydrogen-bond acceptors (Lipinski definition) is 7. The standard InChI is InChI=1S/C45H37F2N3O5S4/c46-38-23-25-41(47)34(27-38)30-50(59(54,55)43-21-12-26-56-43)48-44(51)42-29-39(31-49(42)58(52,53)40-24-22-32-13-10-11-14-33(32)28-40)57-45(35-15-4-1-5-16-35,36-17-6-2-7-18-36)37-19-8-3-9-20-37/h1-28,39,42H,29-31H2,(H,48,51)/t39-,42+/m1/s1. The van der Waals surface area contributed by atoms with Gasteiger partial charge >= 0.3 is 0 Å².